The molecule has 0 aliphatic carbocycles. The summed E-state index contributed by atoms with van der Waals surface area (Å²) < 4.78 is 19.1. The molecule has 1 N–H and O–H groups in total. The Bertz CT molecular complexity index is 558. The Labute approximate surface area is 116 Å². The zero-order valence-electron chi connectivity index (χ0n) is 11.1. The number of hydrogen-bond donors (Lipinski definition) is 1. The van der Waals surface area contributed by atoms with Crippen LogP contribution in [0.4, 0.5) is 4.39 Å². The Kier molecular flexibility index (Phi) is 3.80. The molecule has 0 unspecified atom stereocenters. The van der Waals surface area contributed by atoms with E-state index in [1.165, 1.54) is 0 Å². The van der Waals surface area contributed by atoms with Gasteiger partial charge < -0.3 is 9.52 Å². The first-order chi connectivity index (χ1) is 9.76. The quantitative estimate of drug-likeness (QED) is 0.930. The topological polar surface area (TPSA) is 49.5 Å². The van der Waals surface area contributed by atoms with E-state index in [-0.39, 0.29) is 12.6 Å². The number of hydrogen-bond acceptors (Lipinski definition) is 4. The van der Waals surface area contributed by atoms with Crippen molar-refractivity contribution < 1.29 is 13.9 Å². The summed E-state index contributed by atoms with van der Waals surface area (Å²) in [5.41, 5.74) is 0.967. The number of halogens is 1. The molecular formula is C15H17FN2O2. The monoisotopic (exact) mass is 276 g/mol. The highest BCUT2D eigenvalue weighted by Gasteiger charge is 2.32. The highest BCUT2D eigenvalue weighted by atomic mass is 19.1. The Hall–Kier alpha value is -1.72. The third-order valence-corrected chi connectivity index (χ3v) is 3.64. The first-order valence-corrected chi connectivity index (χ1v) is 6.75. The van der Waals surface area contributed by atoms with Crippen molar-refractivity contribution in [2.45, 2.75) is 25.2 Å². The van der Waals surface area contributed by atoms with Crippen LogP contribution in [0.1, 0.15) is 12.3 Å². The SMILES string of the molecule is OC[C@@H]1C[C@H](F)CN1Cc1ncc(-c2ccccc2)o1. The number of aliphatic hydroxyl groups excluding tert-OH is 1. The summed E-state index contributed by atoms with van der Waals surface area (Å²) >= 11 is 0. The van der Waals surface area contributed by atoms with Crippen LogP contribution in [0, 0.1) is 0 Å². The van der Waals surface area contributed by atoms with Gasteiger partial charge in [0.25, 0.3) is 0 Å². The van der Waals surface area contributed by atoms with Crippen LogP contribution in [-0.2, 0) is 6.54 Å². The number of rotatable bonds is 4. The van der Waals surface area contributed by atoms with Gasteiger partial charge in [-0.15, -0.1) is 0 Å². The highest BCUT2D eigenvalue weighted by molar-refractivity contribution is 5.55. The lowest BCUT2D eigenvalue weighted by atomic mass is 10.2. The first-order valence-electron chi connectivity index (χ1n) is 6.75. The Morgan fingerprint density at radius 1 is 1.35 bits per heavy atom. The molecule has 2 aromatic rings. The molecule has 0 amide bonds. The number of oxazole rings is 1. The number of benzene rings is 1. The molecule has 2 atom stereocenters. The van der Waals surface area contributed by atoms with Crippen LogP contribution in [0.15, 0.2) is 40.9 Å². The third kappa shape index (κ3) is 2.73. The zero-order chi connectivity index (χ0) is 13.9. The largest absolute Gasteiger partial charge is 0.439 e. The lowest BCUT2D eigenvalue weighted by molar-refractivity contribution is 0.144. The summed E-state index contributed by atoms with van der Waals surface area (Å²) in [5, 5.41) is 9.26. The number of likely N-dealkylation sites (tertiary alicyclic amines) is 1. The molecular weight excluding hydrogens is 259 g/mol. The van der Waals surface area contributed by atoms with E-state index < -0.39 is 6.17 Å². The minimum absolute atomic E-state index is 0.0350. The Morgan fingerprint density at radius 2 is 2.15 bits per heavy atom. The molecule has 1 aliphatic heterocycles. The summed E-state index contributed by atoms with van der Waals surface area (Å²) in [6, 6.07) is 9.58. The van der Waals surface area contributed by atoms with Crippen molar-refractivity contribution in [2.24, 2.45) is 0 Å². The van der Waals surface area contributed by atoms with Crippen LogP contribution < -0.4 is 0 Å². The van der Waals surface area contributed by atoms with Gasteiger partial charge in [-0.2, -0.15) is 0 Å². The molecule has 20 heavy (non-hydrogen) atoms. The summed E-state index contributed by atoms with van der Waals surface area (Å²) in [6.07, 6.45) is 1.18. The van der Waals surface area contributed by atoms with Crippen LogP contribution in [0.25, 0.3) is 11.3 Å². The molecule has 3 rings (SSSR count). The van der Waals surface area contributed by atoms with Crippen LogP contribution in [-0.4, -0.2) is 40.4 Å². The fourth-order valence-corrected chi connectivity index (χ4v) is 2.60. The molecule has 1 saturated heterocycles. The molecule has 4 nitrogen and oxygen atoms in total. The average Bonchev–Trinajstić information content (AvgIpc) is 3.07. The molecule has 2 heterocycles. The molecule has 1 aliphatic rings. The van der Waals surface area contributed by atoms with Gasteiger partial charge in [0.2, 0.25) is 5.89 Å². The fraction of sp³-hybridized carbons (Fsp3) is 0.400. The van der Waals surface area contributed by atoms with Crippen molar-refractivity contribution in [1.29, 1.82) is 0 Å². The van der Waals surface area contributed by atoms with Gasteiger partial charge in [-0.05, 0) is 6.42 Å². The second-order valence-electron chi connectivity index (χ2n) is 5.08. The van der Waals surface area contributed by atoms with Gasteiger partial charge in [0.1, 0.15) is 6.17 Å². The number of alkyl halides is 1. The van der Waals surface area contributed by atoms with Crippen LogP contribution in [0.3, 0.4) is 0 Å². The van der Waals surface area contributed by atoms with Crippen molar-refractivity contribution in [3.05, 3.63) is 42.4 Å². The van der Waals surface area contributed by atoms with E-state index in [2.05, 4.69) is 4.98 Å². The van der Waals surface area contributed by atoms with Crippen molar-refractivity contribution in [2.75, 3.05) is 13.2 Å². The van der Waals surface area contributed by atoms with Crippen molar-refractivity contribution in [3.63, 3.8) is 0 Å². The summed E-state index contributed by atoms with van der Waals surface area (Å²) in [5.74, 6) is 1.26. The predicted octanol–water partition coefficient (Wildman–Crippen LogP) is 2.25. The van der Waals surface area contributed by atoms with Crippen LogP contribution in [0.2, 0.25) is 0 Å². The average molecular weight is 276 g/mol. The van der Waals surface area contributed by atoms with Crippen LogP contribution in [0.5, 0.6) is 0 Å². The molecule has 1 aromatic carbocycles. The van der Waals surface area contributed by atoms with E-state index in [0.717, 1.165) is 5.56 Å². The minimum Gasteiger partial charge on any atom is -0.439 e. The van der Waals surface area contributed by atoms with Gasteiger partial charge in [-0.25, -0.2) is 9.37 Å². The maximum absolute atomic E-state index is 13.4. The van der Waals surface area contributed by atoms with Gasteiger partial charge in [-0.3, -0.25) is 4.90 Å². The molecule has 0 bridgehead atoms. The van der Waals surface area contributed by atoms with E-state index in [1.54, 1.807) is 6.20 Å². The predicted molar refractivity (Wildman–Crippen MR) is 72.7 cm³/mol. The van der Waals surface area contributed by atoms with Gasteiger partial charge in [0.05, 0.1) is 19.3 Å². The van der Waals surface area contributed by atoms with Gasteiger partial charge in [0, 0.05) is 18.2 Å². The summed E-state index contributed by atoms with van der Waals surface area (Å²) in [7, 11) is 0. The van der Waals surface area contributed by atoms with Gasteiger partial charge in [-0.1, -0.05) is 30.3 Å². The van der Waals surface area contributed by atoms with E-state index in [0.29, 0.717) is 31.2 Å². The number of nitrogens with zero attached hydrogens (tertiary/aromatic N) is 2. The first kappa shape index (κ1) is 13.3. The Morgan fingerprint density at radius 3 is 2.90 bits per heavy atom. The number of aliphatic hydroxyl groups is 1. The molecule has 1 aromatic heterocycles. The van der Waals surface area contributed by atoms with E-state index in [1.807, 2.05) is 35.2 Å². The van der Waals surface area contributed by atoms with Crippen molar-refractivity contribution in [1.82, 2.24) is 9.88 Å². The maximum atomic E-state index is 13.4. The highest BCUT2D eigenvalue weighted by Crippen LogP contribution is 2.24. The smallest absolute Gasteiger partial charge is 0.209 e. The van der Waals surface area contributed by atoms with Crippen LogP contribution >= 0.6 is 0 Å². The number of aromatic nitrogens is 1. The normalized spacial score (nSPS) is 23.3. The molecule has 0 spiro atoms. The standard InChI is InChI=1S/C15H17FN2O2/c16-12-6-13(10-19)18(8-12)9-15-17-7-14(20-15)11-4-2-1-3-5-11/h1-5,7,12-13,19H,6,8-10H2/t12-,13-/m0/s1. The maximum Gasteiger partial charge on any atom is 0.209 e. The molecule has 5 heteroatoms. The van der Waals surface area contributed by atoms with Gasteiger partial charge in [0.15, 0.2) is 5.76 Å². The fourth-order valence-electron chi connectivity index (χ4n) is 2.60. The second kappa shape index (κ2) is 5.73. The Balaban J connectivity index is 1.72. The molecule has 0 radical (unpaired) electrons. The second-order valence-corrected chi connectivity index (χ2v) is 5.08. The minimum atomic E-state index is -0.879. The van der Waals surface area contributed by atoms with Crippen molar-refractivity contribution in [3.8, 4) is 11.3 Å². The summed E-state index contributed by atoms with van der Waals surface area (Å²) in [4.78, 5) is 6.12. The third-order valence-electron chi connectivity index (χ3n) is 3.64. The molecule has 1 fully saturated rings. The molecule has 106 valence electrons. The van der Waals surface area contributed by atoms with E-state index in [9.17, 15) is 9.50 Å². The van der Waals surface area contributed by atoms with Crippen molar-refractivity contribution >= 4 is 0 Å². The zero-order valence-corrected chi connectivity index (χ0v) is 11.1. The summed E-state index contributed by atoms with van der Waals surface area (Å²) in [6.45, 7) is 0.722. The van der Waals surface area contributed by atoms with E-state index >= 15 is 0 Å². The van der Waals surface area contributed by atoms with E-state index in [4.69, 9.17) is 4.42 Å². The molecule has 0 saturated carbocycles. The lowest BCUT2D eigenvalue weighted by Gasteiger charge is -2.19. The van der Waals surface area contributed by atoms with Gasteiger partial charge >= 0.3 is 0 Å². The lowest BCUT2D eigenvalue weighted by Crippen LogP contribution is -2.31.